The third-order valence-corrected chi connectivity index (χ3v) is 2.88. The topological polar surface area (TPSA) is 26.0 Å². The van der Waals surface area contributed by atoms with E-state index in [2.05, 4.69) is 32.7 Å². The molecule has 13 heavy (non-hydrogen) atoms. The van der Waals surface area contributed by atoms with Crippen LogP contribution in [0.25, 0.3) is 0 Å². The molecule has 0 aromatic carbocycles. The van der Waals surface area contributed by atoms with Crippen molar-refractivity contribution in [3.63, 3.8) is 0 Å². The Morgan fingerprint density at radius 1 is 1.38 bits per heavy atom. The molecule has 0 bridgehead atoms. The highest BCUT2D eigenvalue weighted by Crippen LogP contribution is 2.23. The fourth-order valence-corrected chi connectivity index (χ4v) is 1.60. The molecule has 2 nitrogen and oxygen atoms in total. The van der Waals surface area contributed by atoms with Crippen molar-refractivity contribution in [3.05, 3.63) is 12.0 Å². The van der Waals surface area contributed by atoms with Gasteiger partial charge in [0, 0.05) is 11.7 Å². The summed E-state index contributed by atoms with van der Waals surface area (Å²) in [5.74, 6) is 3.16. The third kappa shape index (κ3) is 3.43. The Bertz CT molecular complexity index is 255. The number of hydrogen-bond acceptors (Lipinski definition) is 3. The molecular formula is C10H17NOS. The third-order valence-electron chi connectivity index (χ3n) is 1.61. The van der Waals surface area contributed by atoms with Crippen LogP contribution in [-0.4, -0.2) is 10.7 Å². The van der Waals surface area contributed by atoms with E-state index < -0.39 is 0 Å². The maximum Gasteiger partial charge on any atom is 0.255 e. The van der Waals surface area contributed by atoms with Crippen molar-refractivity contribution >= 4 is 11.8 Å². The number of thioether (sulfide) groups is 1. The summed E-state index contributed by atoms with van der Waals surface area (Å²) in [6.45, 7) is 8.60. The molecule has 0 atom stereocenters. The fourth-order valence-electron chi connectivity index (χ4n) is 0.841. The second kappa shape index (κ2) is 4.70. The lowest BCUT2D eigenvalue weighted by molar-refractivity contribution is 0.402. The Morgan fingerprint density at radius 2 is 2.08 bits per heavy atom. The molecule has 0 spiro atoms. The molecule has 0 saturated heterocycles. The lowest BCUT2D eigenvalue weighted by Gasteiger charge is -2.00. The molecule has 0 saturated carbocycles. The number of aromatic nitrogens is 1. The van der Waals surface area contributed by atoms with Crippen LogP contribution in [0.15, 0.2) is 15.8 Å². The molecule has 0 unspecified atom stereocenters. The van der Waals surface area contributed by atoms with Gasteiger partial charge in [-0.25, -0.2) is 4.98 Å². The van der Waals surface area contributed by atoms with Crippen LogP contribution in [0.3, 0.4) is 0 Å². The summed E-state index contributed by atoms with van der Waals surface area (Å²) >= 11 is 1.69. The minimum atomic E-state index is 0.431. The highest BCUT2D eigenvalue weighted by atomic mass is 32.2. The molecule has 0 aliphatic heterocycles. The molecule has 3 heteroatoms. The van der Waals surface area contributed by atoms with Crippen molar-refractivity contribution in [3.8, 4) is 0 Å². The highest BCUT2D eigenvalue weighted by molar-refractivity contribution is 7.99. The van der Waals surface area contributed by atoms with Crippen LogP contribution in [0.1, 0.15) is 39.4 Å². The molecule has 1 rings (SSSR count). The average molecular weight is 199 g/mol. The van der Waals surface area contributed by atoms with Gasteiger partial charge in [-0.1, -0.05) is 39.5 Å². The molecule has 0 aliphatic carbocycles. The van der Waals surface area contributed by atoms with E-state index in [1.54, 1.807) is 11.8 Å². The summed E-state index contributed by atoms with van der Waals surface area (Å²) in [7, 11) is 0. The summed E-state index contributed by atoms with van der Waals surface area (Å²) < 4.78 is 5.55. The van der Waals surface area contributed by atoms with E-state index in [1.807, 2.05) is 6.20 Å². The lowest BCUT2D eigenvalue weighted by Crippen LogP contribution is -1.89. The molecule has 0 aliphatic rings. The van der Waals surface area contributed by atoms with Crippen LogP contribution in [0.2, 0.25) is 0 Å². The Kier molecular flexibility index (Phi) is 3.85. The lowest BCUT2D eigenvalue weighted by atomic mass is 10.2. The van der Waals surface area contributed by atoms with E-state index in [9.17, 15) is 0 Å². The van der Waals surface area contributed by atoms with Gasteiger partial charge in [-0.2, -0.15) is 0 Å². The zero-order valence-electron chi connectivity index (χ0n) is 8.70. The minimum Gasteiger partial charge on any atom is -0.436 e. The van der Waals surface area contributed by atoms with Gasteiger partial charge in [-0.15, -0.1) is 0 Å². The van der Waals surface area contributed by atoms with Crippen LogP contribution >= 0.6 is 11.8 Å². The highest BCUT2D eigenvalue weighted by Gasteiger charge is 2.07. The normalized spacial score (nSPS) is 11.5. The molecule has 0 fully saturated rings. The molecule has 74 valence electrons. The van der Waals surface area contributed by atoms with Gasteiger partial charge in [0.25, 0.3) is 5.22 Å². The van der Waals surface area contributed by atoms with Gasteiger partial charge in [-0.05, 0) is 5.92 Å². The van der Waals surface area contributed by atoms with Gasteiger partial charge in [-0.3, -0.25) is 0 Å². The van der Waals surface area contributed by atoms with Crippen molar-refractivity contribution in [2.24, 2.45) is 5.92 Å². The number of nitrogens with zero attached hydrogens (tertiary/aromatic N) is 1. The predicted octanol–water partition coefficient (Wildman–Crippen LogP) is 3.55. The maximum atomic E-state index is 5.55. The van der Waals surface area contributed by atoms with Crippen molar-refractivity contribution < 1.29 is 4.42 Å². The second-order valence-electron chi connectivity index (χ2n) is 3.89. The van der Waals surface area contributed by atoms with Gasteiger partial charge in [0.2, 0.25) is 0 Å². The van der Waals surface area contributed by atoms with E-state index >= 15 is 0 Å². The first-order chi connectivity index (χ1) is 6.09. The molecular weight excluding hydrogens is 182 g/mol. The van der Waals surface area contributed by atoms with Crippen LogP contribution in [-0.2, 0) is 0 Å². The minimum absolute atomic E-state index is 0.431. The van der Waals surface area contributed by atoms with Gasteiger partial charge >= 0.3 is 0 Å². The summed E-state index contributed by atoms with van der Waals surface area (Å²) in [6.07, 6.45) is 1.83. The largest absolute Gasteiger partial charge is 0.436 e. The van der Waals surface area contributed by atoms with Crippen LogP contribution < -0.4 is 0 Å². The number of oxazole rings is 1. The van der Waals surface area contributed by atoms with Crippen molar-refractivity contribution in [1.82, 2.24) is 4.98 Å². The second-order valence-corrected chi connectivity index (χ2v) is 4.86. The number of hydrogen-bond donors (Lipinski definition) is 0. The van der Waals surface area contributed by atoms with Gasteiger partial charge in [0.05, 0.1) is 6.20 Å². The summed E-state index contributed by atoms with van der Waals surface area (Å²) in [4.78, 5) is 4.21. The zero-order chi connectivity index (χ0) is 9.84. The van der Waals surface area contributed by atoms with Crippen molar-refractivity contribution in [1.29, 1.82) is 0 Å². The van der Waals surface area contributed by atoms with Crippen LogP contribution in [0.5, 0.6) is 0 Å². The monoisotopic (exact) mass is 199 g/mol. The van der Waals surface area contributed by atoms with E-state index in [0.717, 1.165) is 16.7 Å². The summed E-state index contributed by atoms with van der Waals surface area (Å²) in [5.41, 5.74) is 0. The molecule has 1 aromatic rings. The Balaban J connectivity index is 2.49. The van der Waals surface area contributed by atoms with Crippen molar-refractivity contribution in [2.75, 3.05) is 5.75 Å². The Hall–Kier alpha value is -0.440. The molecule has 1 aromatic heterocycles. The Morgan fingerprint density at radius 3 is 2.54 bits per heavy atom. The first-order valence-corrected chi connectivity index (χ1v) is 5.66. The predicted molar refractivity (Wildman–Crippen MR) is 56.2 cm³/mol. The van der Waals surface area contributed by atoms with Crippen molar-refractivity contribution in [2.45, 2.75) is 38.8 Å². The summed E-state index contributed by atoms with van der Waals surface area (Å²) in [6, 6.07) is 0. The number of rotatable bonds is 4. The van der Waals surface area contributed by atoms with Gasteiger partial charge < -0.3 is 4.42 Å². The molecule has 1 heterocycles. The quantitative estimate of drug-likeness (QED) is 0.694. The summed E-state index contributed by atoms with van der Waals surface area (Å²) in [5, 5.41) is 0.803. The fraction of sp³-hybridized carbons (Fsp3) is 0.700. The molecule has 0 radical (unpaired) electrons. The first-order valence-electron chi connectivity index (χ1n) is 4.68. The smallest absolute Gasteiger partial charge is 0.255 e. The van der Waals surface area contributed by atoms with Crippen LogP contribution in [0, 0.1) is 5.92 Å². The molecule has 0 N–H and O–H groups in total. The van der Waals surface area contributed by atoms with E-state index in [4.69, 9.17) is 4.42 Å². The van der Waals surface area contributed by atoms with Gasteiger partial charge in [0.15, 0.2) is 0 Å². The Labute approximate surface area is 84.1 Å². The van der Waals surface area contributed by atoms with E-state index in [-0.39, 0.29) is 0 Å². The molecule has 0 amide bonds. The average Bonchev–Trinajstić information content (AvgIpc) is 2.48. The van der Waals surface area contributed by atoms with Crippen LogP contribution in [0.4, 0.5) is 0 Å². The van der Waals surface area contributed by atoms with Gasteiger partial charge in [0.1, 0.15) is 5.76 Å². The van der Waals surface area contributed by atoms with E-state index in [0.29, 0.717) is 11.8 Å². The van der Waals surface area contributed by atoms with E-state index in [1.165, 1.54) is 0 Å². The maximum absolute atomic E-state index is 5.55. The SMILES string of the molecule is CC(C)CSc1ncc(C(C)C)o1. The zero-order valence-corrected chi connectivity index (χ0v) is 9.52. The standard InChI is InChI=1S/C10H17NOS/c1-7(2)6-13-10-11-5-9(12-10)8(3)4/h5,7-8H,6H2,1-4H3. The first kappa shape index (κ1) is 10.6.